The zero-order chi connectivity index (χ0) is 101. The summed E-state index contributed by atoms with van der Waals surface area (Å²) >= 11 is 0. The highest BCUT2D eigenvalue weighted by Gasteiger charge is 2.42. The second-order valence-corrected chi connectivity index (χ2v) is 42.7. The van der Waals surface area contributed by atoms with Gasteiger partial charge >= 0.3 is 0 Å². The van der Waals surface area contributed by atoms with Crippen LogP contribution in [0, 0.1) is 27.7 Å². The molecular formula is C149H112. The molecule has 25 aromatic carbocycles. The minimum atomic E-state index is -0.0863. The van der Waals surface area contributed by atoms with Gasteiger partial charge in [-0.15, -0.1) is 0 Å². The highest BCUT2D eigenvalue weighted by atomic mass is 14.4. The molecule has 0 unspecified atom stereocenters. The Labute approximate surface area is 874 Å². The lowest BCUT2D eigenvalue weighted by Gasteiger charge is -2.24. The molecular weight excluding hydrogens is 1790 g/mol. The molecule has 0 nitrogen and oxygen atoms in total. The van der Waals surface area contributed by atoms with E-state index in [9.17, 15) is 0 Å². The van der Waals surface area contributed by atoms with E-state index in [0.717, 1.165) is 0 Å². The second-order valence-electron chi connectivity index (χ2n) is 42.7. The first-order chi connectivity index (χ1) is 72.9. The monoisotopic (exact) mass is 1900 g/mol. The van der Waals surface area contributed by atoms with Gasteiger partial charge in [0.05, 0.1) is 0 Å². The molecule has 0 saturated heterocycles. The highest BCUT2D eigenvalue weighted by Crippen LogP contribution is 2.61. The Morgan fingerprint density at radius 3 is 0.732 bits per heavy atom. The molecule has 708 valence electrons. The quantitative estimate of drug-likeness (QED) is 0.107. The molecule has 28 rings (SSSR count). The van der Waals surface area contributed by atoms with Crippen LogP contribution in [0.1, 0.15) is 97.2 Å². The van der Waals surface area contributed by atoms with Gasteiger partial charge in [0.1, 0.15) is 0 Å². The maximum absolute atomic E-state index is 2.45. The first kappa shape index (κ1) is 91.3. The fourth-order valence-corrected chi connectivity index (χ4v) is 25.9. The van der Waals surface area contributed by atoms with Crippen molar-refractivity contribution in [3.05, 3.63) is 553 Å². The van der Waals surface area contributed by atoms with Crippen molar-refractivity contribution in [2.24, 2.45) is 0 Å². The van der Waals surface area contributed by atoms with Gasteiger partial charge in [-0.25, -0.2) is 0 Å². The van der Waals surface area contributed by atoms with Gasteiger partial charge in [0.2, 0.25) is 0 Å². The average Bonchev–Trinajstić information content (AvgIpc) is 1.63. The summed E-state index contributed by atoms with van der Waals surface area (Å²) in [6.45, 7) is 23.3. The molecule has 25 aromatic rings. The molecule has 149 heavy (non-hydrogen) atoms. The van der Waals surface area contributed by atoms with E-state index in [1.54, 1.807) is 0 Å². The molecule has 0 bridgehead atoms. The van der Waals surface area contributed by atoms with Gasteiger partial charge in [0, 0.05) is 16.2 Å². The molecule has 3 aliphatic carbocycles. The Morgan fingerprint density at radius 1 is 0.121 bits per heavy atom. The van der Waals surface area contributed by atoms with Crippen molar-refractivity contribution in [1.29, 1.82) is 0 Å². The summed E-state index contributed by atoms with van der Waals surface area (Å²) in [6.07, 6.45) is 0. The first-order valence-electron chi connectivity index (χ1n) is 52.7. The van der Waals surface area contributed by atoms with Gasteiger partial charge in [0.15, 0.2) is 0 Å². The minimum absolute atomic E-state index is 0.0595. The summed E-state index contributed by atoms with van der Waals surface area (Å²) in [4.78, 5) is 0. The van der Waals surface area contributed by atoms with Crippen LogP contribution in [0.2, 0.25) is 0 Å². The van der Waals surface area contributed by atoms with E-state index < -0.39 is 0 Å². The van der Waals surface area contributed by atoms with Gasteiger partial charge < -0.3 is 0 Å². The fourth-order valence-electron chi connectivity index (χ4n) is 25.9. The normalized spacial score (nSPS) is 13.1. The number of hydrogen-bond donors (Lipinski definition) is 0. The van der Waals surface area contributed by atoms with Gasteiger partial charge in [-0.1, -0.05) is 503 Å². The van der Waals surface area contributed by atoms with E-state index in [1.807, 2.05) is 0 Å². The number of rotatable bonds is 12. The molecule has 3 aliphatic rings. The first-order valence-corrected chi connectivity index (χ1v) is 52.7. The smallest absolute Gasteiger partial charge is 0.0159 e. The van der Waals surface area contributed by atoms with Crippen LogP contribution in [-0.4, -0.2) is 0 Å². The molecule has 0 saturated carbocycles. The molecule has 0 radical (unpaired) electrons. The maximum atomic E-state index is 2.45. The van der Waals surface area contributed by atoms with Crippen LogP contribution < -0.4 is 0 Å². The van der Waals surface area contributed by atoms with E-state index in [0.29, 0.717) is 0 Å². The second kappa shape index (κ2) is 36.5. The Balaban J connectivity index is 0.000000113. The third-order valence-electron chi connectivity index (χ3n) is 33.4. The summed E-state index contributed by atoms with van der Waals surface area (Å²) in [5.41, 5.74) is 52.0. The molecule has 0 fully saturated rings. The molecule has 0 atom stereocenters. The van der Waals surface area contributed by atoms with Crippen molar-refractivity contribution < 1.29 is 0 Å². The molecule has 0 amide bonds. The van der Waals surface area contributed by atoms with Crippen LogP contribution >= 0.6 is 0 Å². The summed E-state index contributed by atoms with van der Waals surface area (Å²) < 4.78 is 0. The topological polar surface area (TPSA) is 0 Å². The van der Waals surface area contributed by atoms with Crippen LogP contribution in [-0.2, 0) is 16.2 Å². The van der Waals surface area contributed by atoms with Gasteiger partial charge in [0.25, 0.3) is 0 Å². The van der Waals surface area contributed by atoms with Gasteiger partial charge in [-0.2, -0.15) is 0 Å². The number of hydrogen-bond acceptors (Lipinski definition) is 0. The van der Waals surface area contributed by atoms with E-state index >= 15 is 0 Å². The predicted molar refractivity (Wildman–Crippen MR) is 639 cm³/mol. The molecule has 0 heterocycles. The molecule has 0 aliphatic heterocycles. The van der Waals surface area contributed by atoms with Crippen molar-refractivity contribution in [2.75, 3.05) is 0 Å². The van der Waals surface area contributed by atoms with Crippen molar-refractivity contribution >= 4 is 75.4 Å². The van der Waals surface area contributed by atoms with Crippen molar-refractivity contribution in [2.45, 2.75) is 85.5 Å². The largest absolute Gasteiger partial charge is 0.0622 e. The van der Waals surface area contributed by atoms with Crippen LogP contribution in [0.5, 0.6) is 0 Å². The third-order valence-corrected chi connectivity index (χ3v) is 33.4. The summed E-state index contributed by atoms with van der Waals surface area (Å²) in [7, 11) is 0. The lowest BCUT2D eigenvalue weighted by atomic mass is 9.79. The van der Waals surface area contributed by atoms with Gasteiger partial charge in [-0.3, -0.25) is 0 Å². The Bertz CT molecular complexity index is 9690. The van der Waals surface area contributed by atoms with E-state index in [-0.39, 0.29) is 16.2 Å². The zero-order valence-corrected chi connectivity index (χ0v) is 85.8. The third kappa shape index (κ3) is 15.1. The molecule has 0 aromatic heterocycles. The van der Waals surface area contributed by atoms with Gasteiger partial charge in [-0.05, 0) is 362 Å². The van der Waals surface area contributed by atoms with Crippen LogP contribution in [0.3, 0.4) is 0 Å². The minimum Gasteiger partial charge on any atom is -0.0622 e. The summed E-state index contributed by atoms with van der Waals surface area (Å²) in [5, 5.41) is 17.8. The standard InChI is InChI=1S/C53H38.C51H36.C45H38/c1-53(2)48-27-15-14-25-44(48)52-45(26-16-28-49(52)53)51-42-24-13-12-23-41(42)50(43-32-29-38(33-47(43)51)35-17-6-3-7-18-35)39-30-31-40(36-19-8-4-9-20-36)46(34-39)37-21-10-5-11-22-37;1-51(2)46-26-14-13-24-41(46)50-42(25-15-27-47(50)51)49-39-23-12-11-22-38(39)48(40-29-28-37(32-44(40)49)33-16-5-3-6-17-33)45-31-36-21-10-9-20-35(36)30-43(45)34-18-7-4-8-19-34;1-27-25-28(2)30(4)41(29(27)3)44-34-18-11-10-17-33(34)42(38-26-32(23-24-35(38)44)31-15-8-7-9-16-31)37-20-14-22-40-43(37)36-19-12-13-21-39(36)45(40,5)6/h3-34H,1-2H3;3-32H,1-2H3;7-26H,1-6H3. The fraction of sp³-hybridized carbons (Fsp3) is 0.0872. The zero-order valence-electron chi connectivity index (χ0n) is 85.8. The Morgan fingerprint density at radius 2 is 0.369 bits per heavy atom. The molecule has 0 N–H and O–H groups in total. The molecule has 0 heteroatoms. The average molecular weight is 1900 g/mol. The molecule has 0 spiro atoms. The highest BCUT2D eigenvalue weighted by molar-refractivity contribution is 6.28. The number of benzene rings is 25. The van der Waals surface area contributed by atoms with E-state index in [4.69, 9.17) is 0 Å². The van der Waals surface area contributed by atoms with Crippen molar-refractivity contribution in [3.63, 3.8) is 0 Å². The lowest BCUT2D eigenvalue weighted by molar-refractivity contribution is 0.660. The van der Waals surface area contributed by atoms with Crippen LogP contribution in [0.4, 0.5) is 0 Å². The lowest BCUT2D eigenvalue weighted by Crippen LogP contribution is -2.14. The van der Waals surface area contributed by atoms with Crippen LogP contribution in [0.15, 0.2) is 497 Å². The SMILES string of the molecule is CC1(C)c2ccccc2-c2c(-c3c4ccccc4c(-c4cc5ccccc5cc4-c4ccccc4)c4ccc(-c5ccccc5)cc34)cccc21.CC1(C)c2ccccc2-c2c(-c3c4ccccc4c(-c4ccc(-c5ccccc5)c(-c5ccccc5)c4)c4ccc(-c5ccccc5)cc34)cccc21.Cc1cc(C)c(C)c(-c2c3ccccc3c(-c3cccc4c3-c3ccccc3C4(C)C)c3cc(-c4ccccc4)ccc23)c1C. The summed E-state index contributed by atoms with van der Waals surface area (Å²) in [6, 6.07) is 185. The Kier molecular flexibility index (Phi) is 22.4. The van der Waals surface area contributed by atoms with E-state index in [2.05, 4.69) is 567 Å². The maximum Gasteiger partial charge on any atom is 0.0159 e. The van der Waals surface area contributed by atoms with E-state index in [1.165, 1.54) is 298 Å². The van der Waals surface area contributed by atoms with Crippen LogP contribution in [0.25, 0.3) is 242 Å². The Hall–Kier alpha value is -17.7. The number of aryl methyl sites for hydroxylation is 2. The predicted octanol–water partition coefficient (Wildman–Crippen LogP) is 41.3. The van der Waals surface area contributed by atoms with Crippen molar-refractivity contribution in [3.8, 4) is 167 Å². The summed E-state index contributed by atoms with van der Waals surface area (Å²) in [5.74, 6) is 0. The van der Waals surface area contributed by atoms with Crippen molar-refractivity contribution in [1.82, 2.24) is 0 Å². The number of fused-ring (bicyclic) bond motifs is 16.